The van der Waals surface area contributed by atoms with Crippen LogP contribution in [0.3, 0.4) is 0 Å². The van der Waals surface area contributed by atoms with E-state index in [1.54, 1.807) is 17.6 Å². The molecule has 0 amide bonds. The molecule has 3 aromatic rings. The van der Waals surface area contributed by atoms with Crippen molar-refractivity contribution in [2.24, 2.45) is 0 Å². The van der Waals surface area contributed by atoms with E-state index in [4.69, 9.17) is 4.42 Å². The average Bonchev–Trinajstić information content (AvgIpc) is 3.10. The number of hydrogen-bond donors (Lipinski definition) is 1. The van der Waals surface area contributed by atoms with E-state index < -0.39 is 0 Å². The number of aromatic nitrogens is 2. The van der Waals surface area contributed by atoms with Crippen LogP contribution in [0.15, 0.2) is 34.9 Å². The molecule has 0 saturated carbocycles. The first-order valence-electron chi connectivity index (χ1n) is 6.83. The van der Waals surface area contributed by atoms with E-state index in [1.165, 1.54) is 0 Å². The SMILES string of the molecule is CCCNC(C)c1nnc(-c2coc3ccccc23)s1. The van der Waals surface area contributed by atoms with E-state index >= 15 is 0 Å². The smallest absolute Gasteiger partial charge is 0.151 e. The van der Waals surface area contributed by atoms with Crippen molar-refractivity contribution >= 4 is 22.3 Å². The van der Waals surface area contributed by atoms with Gasteiger partial charge in [-0.05, 0) is 26.0 Å². The minimum absolute atomic E-state index is 0.236. The zero-order chi connectivity index (χ0) is 13.9. The number of hydrogen-bond acceptors (Lipinski definition) is 5. The van der Waals surface area contributed by atoms with Gasteiger partial charge in [0, 0.05) is 5.39 Å². The molecule has 20 heavy (non-hydrogen) atoms. The zero-order valence-electron chi connectivity index (χ0n) is 11.6. The average molecular weight is 287 g/mol. The van der Waals surface area contributed by atoms with Crippen LogP contribution in [-0.2, 0) is 0 Å². The number of benzene rings is 1. The summed E-state index contributed by atoms with van der Waals surface area (Å²) in [6.45, 7) is 5.26. The van der Waals surface area contributed by atoms with Crippen molar-refractivity contribution in [3.63, 3.8) is 0 Å². The maximum absolute atomic E-state index is 5.56. The summed E-state index contributed by atoms with van der Waals surface area (Å²) in [5.74, 6) is 0. The van der Waals surface area contributed by atoms with Crippen molar-refractivity contribution in [2.75, 3.05) is 6.54 Å². The number of fused-ring (bicyclic) bond motifs is 1. The Bertz CT molecular complexity index is 704. The van der Waals surface area contributed by atoms with Crippen LogP contribution in [0.5, 0.6) is 0 Å². The second kappa shape index (κ2) is 5.73. The highest BCUT2D eigenvalue weighted by Gasteiger charge is 2.15. The van der Waals surface area contributed by atoms with Gasteiger partial charge in [0.15, 0.2) is 5.01 Å². The molecule has 0 bridgehead atoms. The largest absolute Gasteiger partial charge is 0.464 e. The van der Waals surface area contributed by atoms with Gasteiger partial charge in [-0.3, -0.25) is 0 Å². The molecule has 1 aromatic carbocycles. The quantitative estimate of drug-likeness (QED) is 0.770. The van der Waals surface area contributed by atoms with E-state index in [-0.39, 0.29) is 6.04 Å². The van der Waals surface area contributed by atoms with Gasteiger partial charge in [0.05, 0.1) is 11.6 Å². The molecule has 5 heteroatoms. The van der Waals surface area contributed by atoms with Crippen LogP contribution in [-0.4, -0.2) is 16.7 Å². The van der Waals surface area contributed by atoms with Crippen LogP contribution < -0.4 is 5.32 Å². The summed E-state index contributed by atoms with van der Waals surface area (Å²) in [5, 5.41) is 15.0. The minimum Gasteiger partial charge on any atom is -0.464 e. The highest BCUT2D eigenvalue weighted by atomic mass is 32.1. The zero-order valence-corrected chi connectivity index (χ0v) is 12.4. The number of rotatable bonds is 5. The lowest BCUT2D eigenvalue weighted by Crippen LogP contribution is -2.18. The van der Waals surface area contributed by atoms with Gasteiger partial charge >= 0.3 is 0 Å². The standard InChI is InChI=1S/C15H17N3OS/c1-3-8-16-10(2)14-17-18-15(20-14)12-9-19-13-7-5-4-6-11(12)13/h4-7,9-10,16H,3,8H2,1-2H3. The third-order valence-electron chi connectivity index (χ3n) is 3.22. The molecule has 4 nitrogen and oxygen atoms in total. The third kappa shape index (κ3) is 2.46. The Morgan fingerprint density at radius 3 is 3.00 bits per heavy atom. The van der Waals surface area contributed by atoms with Crippen LogP contribution >= 0.6 is 11.3 Å². The van der Waals surface area contributed by atoms with E-state index in [0.717, 1.165) is 39.5 Å². The van der Waals surface area contributed by atoms with Gasteiger partial charge in [0.25, 0.3) is 0 Å². The Labute approximate surface area is 121 Å². The van der Waals surface area contributed by atoms with E-state index in [2.05, 4.69) is 29.4 Å². The lowest BCUT2D eigenvalue weighted by Gasteiger charge is -2.08. The van der Waals surface area contributed by atoms with Gasteiger partial charge in [-0.15, -0.1) is 10.2 Å². The number of furan rings is 1. The maximum Gasteiger partial charge on any atom is 0.151 e. The van der Waals surface area contributed by atoms with Crippen LogP contribution in [0, 0.1) is 0 Å². The fourth-order valence-corrected chi connectivity index (χ4v) is 3.00. The summed E-state index contributed by atoms with van der Waals surface area (Å²) in [4.78, 5) is 0. The molecule has 3 rings (SSSR count). The van der Waals surface area contributed by atoms with Crippen LogP contribution in [0.25, 0.3) is 21.5 Å². The fourth-order valence-electron chi connectivity index (χ4n) is 2.11. The molecule has 1 unspecified atom stereocenters. The van der Waals surface area contributed by atoms with Crippen molar-refractivity contribution < 1.29 is 4.42 Å². The maximum atomic E-state index is 5.56. The Balaban J connectivity index is 1.90. The van der Waals surface area contributed by atoms with E-state index in [0.29, 0.717) is 0 Å². The number of nitrogens with zero attached hydrogens (tertiary/aromatic N) is 2. The molecule has 0 aliphatic carbocycles. The molecule has 0 radical (unpaired) electrons. The highest BCUT2D eigenvalue weighted by Crippen LogP contribution is 2.33. The molecule has 0 aliphatic rings. The second-order valence-electron chi connectivity index (χ2n) is 4.77. The van der Waals surface area contributed by atoms with Gasteiger partial charge in [0.1, 0.15) is 16.9 Å². The molecule has 0 aliphatic heterocycles. The normalized spacial score (nSPS) is 12.9. The summed E-state index contributed by atoms with van der Waals surface area (Å²) >= 11 is 1.62. The van der Waals surface area contributed by atoms with Crippen molar-refractivity contribution in [1.29, 1.82) is 0 Å². The molecule has 1 atom stereocenters. The van der Waals surface area contributed by atoms with E-state index in [1.807, 2.05) is 24.3 Å². The molecule has 0 spiro atoms. The lowest BCUT2D eigenvalue weighted by atomic mass is 10.2. The van der Waals surface area contributed by atoms with Crippen molar-refractivity contribution in [3.05, 3.63) is 35.5 Å². The Morgan fingerprint density at radius 2 is 2.15 bits per heavy atom. The van der Waals surface area contributed by atoms with Gasteiger partial charge in [0.2, 0.25) is 0 Å². The minimum atomic E-state index is 0.236. The molecule has 1 N–H and O–H groups in total. The highest BCUT2D eigenvalue weighted by molar-refractivity contribution is 7.14. The van der Waals surface area contributed by atoms with Crippen LogP contribution in [0.2, 0.25) is 0 Å². The number of para-hydroxylation sites is 1. The van der Waals surface area contributed by atoms with Crippen LogP contribution in [0.1, 0.15) is 31.3 Å². The first kappa shape index (κ1) is 13.3. The van der Waals surface area contributed by atoms with Crippen LogP contribution in [0.4, 0.5) is 0 Å². The summed E-state index contributed by atoms with van der Waals surface area (Å²) in [7, 11) is 0. The third-order valence-corrected chi connectivity index (χ3v) is 4.36. The molecule has 0 saturated heterocycles. The first-order valence-corrected chi connectivity index (χ1v) is 7.64. The van der Waals surface area contributed by atoms with Crippen molar-refractivity contribution in [1.82, 2.24) is 15.5 Å². The van der Waals surface area contributed by atoms with Crippen molar-refractivity contribution in [2.45, 2.75) is 26.3 Å². The van der Waals surface area contributed by atoms with Gasteiger partial charge in [-0.2, -0.15) is 0 Å². The number of nitrogens with one attached hydrogen (secondary N) is 1. The summed E-state index contributed by atoms with van der Waals surface area (Å²) in [5.41, 5.74) is 1.91. The summed E-state index contributed by atoms with van der Waals surface area (Å²) in [6, 6.07) is 8.23. The van der Waals surface area contributed by atoms with Crippen molar-refractivity contribution in [3.8, 4) is 10.6 Å². The topological polar surface area (TPSA) is 51.0 Å². The Hall–Kier alpha value is -1.72. The van der Waals surface area contributed by atoms with Gasteiger partial charge in [-0.1, -0.05) is 36.5 Å². The molecule has 2 heterocycles. The molecular weight excluding hydrogens is 270 g/mol. The first-order chi connectivity index (χ1) is 9.79. The van der Waals surface area contributed by atoms with Gasteiger partial charge in [-0.25, -0.2) is 0 Å². The Kier molecular flexibility index (Phi) is 3.80. The molecule has 2 aromatic heterocycles. The molecular formula is C15H17N3OS. The van der Waals surface area contributed by atoms with E-state index in [9.17, 15) is 0 Å². The fraction of sp³-hybridized carbons (Fsp3) is 0.333. The monoisotopic (exact) mass is 287 g/mol. The molecule has 104 valence electrons. The predicted octanol–water partition coefficient (Wildman–Crippen LogP) is 4.01. The summed E-state index contributed by atoms with van der Waals surface area (Å²) < 4.78 is 5.56. The predicted molar refractivity (Wildman–Crippen MR) is 81.8 cm³/mol. The summed E-state index contributed by atoms with van der Waals surface area (Å²) in [6.07, 6.45) is 2.88. The second-order valence-corrected chi connectivity index (χ2v) is 5.78. The molecule has 0 fully saturated rings. The lowest BCUT2D eigenvalue weighted by molar-refractivity contribution is 0.564. The van der Waals surface area contributed by atoms with Gasteiger partial charge < -0.3 is 9.73 Å². The Morgan fingerprint density at radius 1 is 1.30 bits per heavy atom.